The Kier molecular flexibility index (Phi) is 3.05. The van der Waals surface area contributed by atoms with Crippen molar-refractivity contribution in [3.8, 4) is 0 Å². The number of H-pyrrole nitrogens is 1. The fraction of sp³-hybridized carbons (Fsp3) is 0.438. The molecular formula is C16H20N2O. The maximum Gasteiger partial charge on any atom is 0.251 e. The molecule has 1 aromatic heterocycles. The molecule has 1 aromatic carbocycles. The fourth-order valence-electron chi connectivity index (χ4n) is 3.00. The van der Waals surface area contributed by atoms with E-state index in [9.17, 15) is 4.79 Å². The Morgan fingerprint density at radius 2 is 2.00 bits per heavy atom. The first-order chi connectivity index (χ1) is 9.16. The number of carbonyl (C=O) groups excluding carboxylic acids is 1. The van der Waals surface area contributed by atoms with Gasteiger partial charge in [0.15, 0.2) is 0 Å². The Balaban J connectivity index is 1.79. The van der Waals surface area contributed by atoms with E-state index in [4.69, 9.17) is 0 Å². The Hall–Kier alpha value is -1.77. The Bertz CT molecular complexity index is 594. The minimum atomic E-state index is -0.0254. The van der Waals surface area contributed by atoms with E-state index < -0.39 is 0 Å². The van der Waals surface area contributed by atoms with Gasteiger partial charge in [0.1, 0.15) is 0 Å². The summed E-state index contributed by atoms with van der Waals surface area (Å²) in [5.74, 6) is 0.0486. The molecular weight excluding hydrogens is 236 g/mol. The number of rotatable bonds is 2. The predicted molar refractivity (Wildman–Crippen MR) is 77.3 cm³/mol. The van der Waals surface area contributed by atoms with Crippen LogP contribution in [0.15, 0.2) is 30.5 Å². The molecule has 0 radical (unpaired) electrons. The molecule has 0 unspecified atom stereocenters. The maximum absolute atomic E-state index is 12.4. The van der Waals surface area contributed by atoms with Gasteiger partial charge in [-0.25, -0.2) is 0 Å². The van der Waals surface area contributed by atoms with Crippen LogP contribution >= 0.6 is 0 Å². The summed E-state index contributed by atoms with van der Waals surface area (Å²) in [6.45, 7) is 2.17. The van der Waals surface area contributed by atoms with Crippen LogP contribution in [0.25, 0.3) is 10.9 Å². The van der Waals surface area contributed by atoms with Gasteiger partial charge >= 0.3 is 0 Å². The highest BCUT2D eigenvalue weighted by Gasteiger charge is 2.28. The zero-order chi connectivity index (χ0) is 13.3. The standard InChI is InChI=1S/C16H20N2O/c1-16(8-3-2-4-9-16)18-15(19)13-5-6-14-12(11-13)7-10-17-14/h5-7,10-11,17H,2-4,8-9H2,1H3,(H,18,19). The summed E-state index contributed by atoms with van der Waals surface area (Å²) in [5, 5.41) is 4.30. The first-order valence-corrected chi connectivity index (χ1v) is 7.06. The number of hydrogen-bond acceptors (Lipinski definition) is 1. The van der Waals surface area contributed by atoms with Crippen LogP contribution in [0.2, 0.25) is 0 Å². The molecule has 100 valence electrons. The van der Waals surface area contributed by atoms with Gasteiger partial charge in [0.2, 0.25) is 0 Å². The Labute approximate surface area is 113 Å². The lowest BCUT2D eigenvalue weighted by Gasteiger charge is -2.34. The summed E-state index contributed by atoms with van der Waals surface area (Å²) in [5.41, 5.74) is 1.79. The molecule has 0 atom stereocenters. The topological polar surface area (TPSA) is 44.9 Å². The second-order valence-electron chi connectivity index (χ2n) is 5.86. The summed E-state index contributed by atoms with van der Waals surface area (Å²) < 4.78 is 0. The average Bonchev–Trinajstić information content (AvgIpc) is 2.86. The van der Waals surface area contributed by atoms with Gasteiger partial charge in [-0.1, -0.05) is 19.3 Å². The van der Waals surface area contributed by atoms with Gasteiger partial charge in [0.25, 0.3) is 5.91 Å². The highest BCUT2D eigenvalue weighted by atomic mass is 16.1. The van der Waals surface area contributed by atoms with Gasteiger partial charge < -0.3 is 10.3 Å². The third kappa shape index (κ3) is 2.50. The van der Waals surface area contributed by atoms with Gasteiger partial charge in [-0.05, 0) is 44.0 Å². The Morgan fingerprint density at radius 3 is 2.79 bits per heavy atom. The minimum Gasteiger partial charge on any atom is -0.361 e. The minimum absolute atomic E-state index is 0.0254. The maximum atomic E-state index is 12.4. The second kappa shape index (κ2) is 4.72. The molecule has 3 rings (SSSR count). The third-order valence-corrected chi connectivity index (χ3v) is 4.19. The second-order valence-corrected chi connectivity index (χ2v) is 5.86. The van der Waals surface area contributed by atoms with Crippen LogP contribution in [0.3, 0.4) is 0 Å². The molecule has 0 bridgehead atoms. The zero-order valence-electron chi connectivity index (χ0n) is 11.3. The number of aromatic nitrogens is 1. The van der Waals surface area contributed by atoms with Gasteiger partial charge in [-0.2, -0.15) is 0 Å². The van der Waals surface area contributed by atoms with Crippen LogP contribution in [0.1, 0.15) is 49.4 Å². The van der Waals surface area contributed by atoms with Crippen LogP contribution in [-0.2, 0) is 0 Å². The molecule has 3 heteroatoms. The van der Waals surface area contributed by atoms with Crippen molar-refractivity contribution in [3.63, 3.8) is 0 Å². The molecule has 1 aliphatic rings. The van der Waals surface area contributed by atoms with Crippen molar-refractivity contribution in [2.24, 2.45) is 0 Å². The lowest BCUT2D eigenvalue weighted by atomic mass is 9.83. The summed E-state index contributed by atoms with van der Waals surface area (Å²) in [6.07, 6.45) is 7.80. The Morgan fingerprint density at radius 1 is 1.21 bits per heavy atom. The molecule has 2 aromatic rings. The molecule has 3 nitrogen and oxygen atoms in total. The van der Waals surface area contributed by atoms with Gasteiger partial charge in [-0.3, -0.25) is 4.79 Å². The van der Waals surface area contributed by atoms with E-state index in [0.29, 0.717) is 0 Å². The molecule has 1 saturated carbocycles. The van der Waals surface area contributed by atoms with E-state index in [1.54, 1.807) is 0 Å². The molecule has 2 N–H and O–H groups in total. The summed E-state index contributed by atoms with van der Waals surface area (Å²) in [7, 11) is 0. The molecule has 1 amide bonds. The van der Waals surface area contributed by atoms with E-state index in [0.717, 1.165) is 29.3 Å². The molecule has 19 heavy (non-hydrogen) atoms. The van der Waals surface area contributed by atoms with Gasteiger partial charge in [0.05, 0.1) is 0 Å². The summed E-state index contributed by atoms with van der Waals surface area (Å²) in [6, 6.07) is 7.80. The summed E-state index contributed by atoms with van der Waals surface area (Å²) in [4.78, 5) is 15.5. The van der Waals surface area contributed by atoms with E-state index in [1.807, 2.05) is 30.5 Å². The number of hydrogen-bond donors (Lipinski definition) is 2. The van der Waals surface area contributed by atoms with E-state index >= 15 is 0 Å². The largest absolute Gasteiger partial charge is 0.361 e. The first-order valence-electron chi connectivity index (χ1n) is 7.06. The van der Waals surface area contributed by atoms with Crippen molar-refractivity contribution >= 4 is 16.8 Å². The molecule has 0 saturated heterocycles. The van der Waals surface area contributed by atoms with E-state index in [2.05, 4.69) is 17.2 Å². The van der Waals surface area contributed by atoms with Crippen LogP contribution in [0, 0.1) is 0 Å². The fourth-order valence-corrected chi connectivity index (χ4v) is 3.00. The molecule has 1 heterocycles. The van der Waals surface area contributed by atoms with Crippen molar-refractivity contribution < 1.29 is 4.79 Å². The van der Waals surface area contributed by atoms with Crippen LogP contribution < -0.4 is 5.32 Å². The van der Waals surface area contributed by atoms with E-state index in [-0.39, 0.29) is 11.4 Å². The van der Waals surface area contributed by atoms with Crippen molar-refractivity contribution in [2.75, 3.05) is 0 Å². The molecule has 1 aliphatic carbocycles. The molecule has 0 spiro atoms. The highest BCUT2D eigenvalue weighted by Crippen LogP contribution is 2.28. The number of amides is 1. The number of benzene rings is 1. The summed E-state index contributed by atoms with van der Waals surface area (Å²) >= 11 is 0. The molecule has 1 fully saturated rings. The van der Waals surface area contributed by atoms with E-state index in [1.165, 1.54) is 19.3 Å². The monoisotopic (exact) mass is 256 g/mol. The highest BCUT2D eigenvalue weighted by molar-refractivity contribution is 5.98. The van der Waals surface area contributed by atoms with Gasteiger partial charge in [-0.15, -0.1) is 0 Å². The smallest absolute Gasteiger partial charge is 0.251 e. The number of carbonyl (C=O) groups is 1. The number of fused-ring (bicyclic) bond motifs is 1. The molecule has 0 aliphatic heterocycles. The third-order valence-electron chi connectivity index (χ3n) is 4.19. The van der Waals surface area contributed by atoms with Crippen LogP contribution in [-0.4, -0.2) is 16.4 Å². The van der Waals surface area contributed by atoms with Gasteiger partial charge in [0, 0.05) is 28.2 Å². The van der Waals surface area contributed by atoms with Crippen LogP contribution in [0.5, 0.6) is 0 Å². The zero-order valence-corrected chi connectivity index (χ0v) is 11.3. The number of aromatic amines is 1. The van der Waals surface area contributed by atoms with Crippen molar-refractivity contribution in [1.29, 1.82) is 0 Å². The SMILES string of the molecule is CC1(NC(=O)c2ccc3[nH]ccc3c2)CCCCC1. The number of nitrogens with one attached hydrogen (secondary N) is 2. The van der Waals surface area contributed by atoms with Crippen LogP contribution in [0.4, 0.5) is 0 Å². The normalized spacial score (nSPS) is 18.4. The van der Waals surface area contributed by atoms with Crippen molar-refractivity contribution in [1.82, 2.24) is 10.3 Å². The van der Waals surface area contributed by atoms with Crippen molar-refractivity contribution in [2.45, 2.75) is 44.6 Å². The predicted octanol–water partition coefficient (Wildman–Crippen LogP) is 3.62. The lowest BCUT2D eigenvalue weighted by molar-refractivity contribution is 0.0883. The average molecular weight is 256 g/mol. The quantitative estimate of drug-likeness (QED) is 0.847. The first kappa shape index (κ1) is 12.3. The van der Waals surface area contributed by atoms with Crippen molar-refractivity contribution in [3.05, 3.63) is 36.0 Å². The lowest BCUT2D eigenvalue weighted by Crippen LogP contribution is -2.47.